The zero-order chi connectivity index (χ0) is 25.4. The van der Waals surface area contributed by atoms with E-state index in [4.69, 9.17) is 10.7 Å². The molecule has 0 aliphatic rings. The normalized spacial score (nSPS) is 12.6. The molecule has 1 heterocycles. The number of hydrogen-bond donors (Lipinski definition) is 2. The van der Waals surface area contributed by atoms with E-state index in [9.17, 15) is 4.79 Å². The van der Waals surface area contributed by atoms with Gasteiger partial charge in [-0.1, -0.05) is 96.3 Å². The molecule has 0 saturated heterocycles. The molecule has 5 nitrogen and oxygen atoms in total. The minimum atomic E-state index is -0.395. The number of rotatable bonds is 12. The molecule has 3 aromatic rings. The van der Waals surface area contributed by atoms with Crippen LogP contribution in [0, 0.1) is 0 Å². The first-order valence-corrected chi connectivity index (χ1v) is 13.0. The van der Waals surface area contributed by atoms with E-state index in [-0.39, 0.29) is 11.5 Å². The van der Waals surface area contributed by atoms with E-state index < -0.39 is 5.91 Å². The number of nitrogens with one attached hydrogen (secondary N) is 1. The molecule has 0 aliphatic carbocycles. The summed E-state index contributed by atoms with van der Waals surface area (Å²) in [5.74, 6) is 0.668. The van der Waals surface area contributed by atoms with Crippen molar-refractivity contribution in [1.82, 2.24) is 14.9 Å². The molecule has 35 heavy (non-hydrogen) atoms. The molecule has 1 atom stereocenters. The van der Waals surface area contributed by atoms with Crippen molar-refractivity contribution in [2.45, 2.75) is 91.3 Å². The summed E-state index contributed by atoms with van der Waals surface area (Å²) in [7, 11) is 0. The molecular formula is C30H42N4O. The van der Waals surface area contributed by atoms with Gasteiger partial charge in [0.05, 0.1) is 11.4 Å². The smallest absolute Gasteiger partial charge is 0.248 e. The Bertz CT molecular complexity index is 1080. The summed E-state index contributed by atoms with van der Waals surface area (Å²) >= 11 is 0. The molecule has 0 fully saturated rings. The van der Waals surface area contributed by atoms with Gasteiger partial charge in [0.25, 0.3) is 0 Å². The topological polar surface area (TPSA) is 72.9 Å². The van der Waals surface area contributed by atoms with E-state index in [2.05, 4.69) is 74.8 Å². The van der Waals surface area contributed by atoms with E-state index >= 15 is 0 Å². The van der Waals surface area contributed by atoms with Crippen LogP contribution in [0.25, 0.3) is 11.4 Å². The van der Waals surface area contributed by atoms with Crippen LogP contribution in [0.5, 0.6) is 0 Å². The number of benzene rings is 2. The van der Waals surface area contributed by atoms with Gasteiger partial charge in [-0.25, -0.2) is 4.98 Å². The molecule has 1 amide bonds. The van der Waals surface area contributed by atoms with Crippen LogP contribution in [-0.4, -0.2) is 15.5 Å². The fourth-order valence-corrected chi connectivity index (χ4v) is 4.49. The van der Waals surface area contributed by atoms with Gasteiger partial charge in [-0.3, -0.25) is 4.79 Å². The second-order valence-electron chi connectivity index (χ2n) is 10.4. The van der Waals surface area contributed by atoms with Crippen molar-refractivity contribution in [3.05, 3.63) is 77.1 Å². The maximum atomic E-state index is 11.5. The van der Waals surface area contributed by atoms with E-state index in [0.717, 1.165) is 62.1 Å². The second kappa shape index (κ2) is 12.2. The highest BCUT2D eigenvalue weighted by Gasteiger charge is 2.30. The zero-order valence-corrected chi connectivity index (χ0v) is 22.1. The van der Waals surface area contributed by atoms with E-state index in [0.29, 0.717) is 5.56 Å². The summed E-state index contributed by atoms with van der Waals surface area (Å²) in [6, 6.07) is 18.3. The Morgan fingerprint density at radius 2 is 1.66 bits per heavy atom. The number of primary amides is 1. The number of hydrogen-bond acceptors (Lipinski definition) is 3. The maximum absolute atomic E-state index is 11.5. The highest BCUT2D eigenvalue weighted by atomic mass is 16.1. The summed E-state index contributed by atoms with van der Waals surface area (Å²) in [6.45, 7) is 12.9. The van der Waals surface area contributed by atoms with Crippen molar-refractivity contribution < 1.29 is 4.79 Å². The fourth-order valence-electron chi connectivity index (χ4n) is 4.49. The van der Waals surface area contributed by atoms with Crippen LogP contribution in [0.2, 0.25) is 0 Å². The number of unbranched alkanes of at least 4 members (excludes halogenated alkanes) is 2. The number of nitrogens with zero attached hydrogens (tertiary/aromatic N) is 2. The third kappa shape index (κ3) is 6.82. The van der Waals surface area contributed by atoms with Crippen LogP contribution in [0.3, 0.4) is 0 Å². The Labute approximate surface area is 211 Å². The van der Waals surface area contributed by atoms with Gasteiger partial charge < -0.3 is 15.6 Å². The lowest BCUT2D eigenvalue weighted by atomic mass is 9.88. The molecular weight excluding hydrogens is 432 g/mol. The highest BCUT2D eigenvalue weighted by Crippen LogP contribution is 2.36. The third-order valence-corrected chi connectivity index (χ3v) is 6.45. The molecule has 2 aromatic carbocycles. The van der Waals surface area contributed by atoms with Crippen LogP contribution in [0.4, 0.5) is 0 Å². The monoisotopic (exact) mass is 474 g/mol. The molecule has 3 rings (SSSR count). The van der Waals surface area contributed by atoms with Crippen molar-refractivity contribution >= 4 is 5.91 Å². The summed E-state index contributed by atoms with van der Waals surface area (Å²) < 4.78 is 2.48. The van der Waals surface area contributed by atoms with Crippen molar-refractivity contribution in [1.29, 1.82) is 0 Å². The Hall–Kier alpha value is -2.92. The first-order valence-electron chi connectivity index (χ1n) is 13.0. The molecule has 188 valence electrons. The molecule has 0 aliphatic heterocycles. The molecule has 0 radical (unpaired) electrons. The number of carbonyl (C=O) groups is 1. The van der Waals surface area contributed by atoms with Crippen LogP contribution < -0.4 is 11.1 Å². The SMILES string of the molecule is CCCCC(NCc1ccc(C(N)=O)cc1)c1c(C(C)(C)C)nc(-c2ccccc2)n1CCCC. The van der Waals surface area contributed by atoms with Gasteiger partial charge in [0.2, 0.25) is 5.91 Å². The van der Waals surface area contributed by atoms with Crippen LogP contribution in [0.15, 0.2) is 54.6 Å². The predicted molar refractivity (Wildman–Crippen MR) is 145 cm³/mol. The Balaban J connectivity index is 2.05. The van der Waals surface area contributed by atoms with Gasteiger partial charge in [-0.05, 0) is 30.5 Å². The quantitative estimate of drug-likeness (QED) is 0.304. The zero-order valence-electron chi connectivity index (χ0n) is 22.1. The Morgan fingerprint density at radius 3 is 2.23 bits per heavy atom. The van der Waals surface area contributed by atoms with Crippen molar-refractivity contribution in [3.63, 3.8) is 0 Å². The highest BCUT2D eigenvalue weighted by molar-refractivity contribution is 5.92. The fraction of sp³-hybridized carbons (Fsp3) is 0.467. The predicted octanol–water partition coefficient (Wildman–Crippen LogP) is 6.77. The van der Waals surface area contributed by atoms with Crippen LogP contribution in [0.1, 0.15) is 100 Å². The van der Waals surface area contributed by atoms with Gasteiger partial charge in [-0.15, -0.1) is 0 Å². The largest absolute Gasteiger partial charge is 0.366 e. The summed E-state index contributed by atoms with van der Waals surface area (Å²) in [5, 5.41) is 3.85. The van der Waals surface area contributed by atoms with Crippen molar-refractivity contribution in [3.8, 4) is 11.4 Å². The molecule has 0 bridgehead atoms. The number of carbonyl (C=O) groups excluding carboxylic acids is 1. The third-order valence-electron chi connectivity index (χ3n) is 6.45. The molecule has 0 saturated carbocycles. The number of imidazole rings is 1. The summed E-state index contributed by atoms with van der Waals surface area (Å²) in [4.78, 5) is 16.7. The number of nitrogens with two attached hydrogens (primary N) is 1. The molecule has 1 aromatic heterocycles. The molecule has 0 spiro atoms. The number of amides is 1. The van der Waals surface area contributed by atoms with Crippen molar-refractivity contribution in [2.24, 2.45) is 5.73 Å². The minimum Gasteiger partial charge on any atom is -0.366 e. The average molecular weight is 475 g/mol. The second-order valence-corrected chi connectivity index (χ2v) is 10.4. The lowest BCUT2D eigenvalue weighted by Gasteiger charge is -2.26. The van der Waals surface area contributed by atoms with Gasteiger partial charge in [0, 0.05) is 35.7 Å². The van der Waals surface area contributed by atoms with E-state index in [1.54, 1.807) is 12.1 Å². The molecule has 1 unspecified atom stereocenters. The van der Waals surface area contributed by atoms with Gasteiger partial charge >= 0.3 is 0 Å². The summed E-state index contributed by atoms with van der Waals surface area (Å²) in [5.41, 5.74) is 10.7. The lowest BCUT2D eigenvalue weighted by molar-refractivity contribution is 0.100. The van der Waals surface area contributed by atoms with Crippen molar-refractivity contribution in [2.75, 3.05) is 0 Å². The van der Waals surface area contributed by atoms with Crippen LogP contribution >= 0.6 is 0 Å². The Kier molecular flexibility index (Phi) is 9.27. The van der Waals surface area contributed by atoms with E-state index in [1.165, 1.54) is 11.4 Å². The number of aromatic nitrogens is 2. The molecule has 3 N–H and O–H groups in total. The molecule has 5 heteroatoms. The Morgan fingerprint density at radius 1 is 1.00 bits per heavy atom. The standard InChI is InChI=1S/C30H42N4O/c1-6-8-15-25(32-21-22-16-18-23(19-17-22)28(31)35)26-27(30(3,4)5)33-29(34(26)20-9-7-2)24-13-11-10-12-14-24/h10-14,16-19,25,32H,6-9,15,20-21H2,1-5H3,(H2,31,35). The van der Waals surface area contributed by atoms with Crippen LogP contribution in [-0.2, 0) is 18.5 Å². The first-order chi connectivity index (χ1) is 16.8. The summed E-state index contributed by atoms with van der Waals surface area (Å²) in [6.07, 6.45) is 5.58. The van der Waals surface area contributed by atoms with Gasteiger partial charge in [-0.2, -0.15) is 0 Å². The first kappa shape index (κ1) is 26.7. The van der Waals surface area contributed by atoms with E-state index in [1.807, 2.05) is 12.1 Å². The lowest BCUT2D eigenvalue weighted by Crippen LogP contribution is -2.27. The maximum Gasteiger partial charge on any atom is 0.248 e. The average Bonchev–Trinajstić information content (AvgIpc) is 3.23. The van der Waals surface area contributed by atoms with Gasteiger partial charge in [0.1, 0.15) is 5.82 Å². The van der Waals surface area contributed by atoms with Gasteiger partial charge in [0.15, 0.2) is 0 Å². The minimum absolute atomic E-state index is 0.0778.